The summed E-state index contributed by atoms with van der Waals surface area (Å²) in [4.78, 5) is 25.9. The zero-order valence-electron chi connectivity index (χ0n) is 15.5. The fraction of sp³-hybridized carbons (Fsp3) is 0.130. The van der Waals surface area contributed by atoms with Crippen molar-refractivity contribution in [3.63, 3.8) is 0 Å². The summed E-state index contributed by atoms with van der Waals surface area (Å²) < 4.78 is 0. The van der Waals surface area contributed by atoms with Crippen LogP contribution in [0.4, 0.5) is 10.5 Å². The molecule has 5 heteroatoms. The molecule has 3 aromatic rings. The molecule has 142 valence electrons. The smallest absolute Gasteiger partial charge is 0.316 e. The molecule has 3 N–H and O–H groups in total. The lowest BCUT2D eigenvalue weighted by atomic mass is 10.1. The molecule has 0 atom stereocenters. The fourth-order valence-electron chi connectivity index (χ4n) is 2.99. The molecular formula is C23H23N3O2. The van der Waals surface area contributed by atoms with E-state index < -0.39 is 6.03 Å². The van der Waals surface area contributed by atoms with Gasteiger partial charge in [-0.3, -0.25) is 4.79 Å². The number of urea groups is 1. The van der Waals surface area contributed by atoms with Gasteiger partial charge in [0.2, 0.25) is 0 Å². The Morgan fingerprint density at radius 2 is 1.36 bits per heavy atom. The molecule has 0 bridgehead atoms. The van der Waals surface area contributed by atoms with E-state index in [-0.39, 0.29) is 5.91 Å². The van der Waals surface area contributed by atoms with Crippen molar-refractivity contribution in [3.8, 4) is 0 Å². The first-order valence-electron chi connectivity index (χ1n) is 9.15. The van der Waals surface area contributed by atoms with E-state index in [0.717, 1.165) is 12.0 Å². The average Bonchev–Trinajstić information content (AvgIpc) is 2.72. The number of rotatable bonds is 7. The molecule has 3 aromatic carbocycles. The Morgan fingerprint density at radius 1 is 0.786 bits per heavy atom. The highest BCUT2D eigenvalue weighted by Gasteiger charge is 2.16. The minimum atomic E-state index is -0.632. The van der Waals surface area contributed by atoms with Gasteiger partial charge < -0.3 is 16.0 Å². The molecule has 28 heavy (non-hydrogen) atoms. The Morgan fingerprint density at radius 3 is 1.93 bits per heavy atom. The summed E-state index contributed by atoms with van der Waals surface area (Å²) in [6.07, 6.45) is 0.779. The number of primary amides is 1. The number of hydrogen-bond acceptors (Lipinski definition) is 2. The largest absolute Gasteiger partial charge is 0.351 e. The Balaban J connectivity index is 1.76. The maximum Gasteiger partial charge on any atom is 0.316 e. The number of carbonyl (C=O) groups excluding carboxylic acids is 2. The van der Waals surface area contributed by atoms with Crippen LogP contribution in [0, 0.1) is 0 Å². The van der Waals surface area contributed by atoms with Gasteiger partial charge in [0.1, 0.15) is 0 Å². The summed E-state index contributed by atoms with van der Waals surface area (Å²) in [5.41, 5.74) is 8.52. The first-order valence-corrected chi connectivity index (χ1v) is 9.15. The second kappa shape index (κ2) is 9.37. The molecule has 3 rings (SSSR count). The fourth-order valence-corrected chi connectivity index (χ4v) is 2.99. The van der Waals surface area contributed by atoms with Gasteiger partial charge in [-0.1, -0.05) is 60.7 Å². The highest BCUT2D eigenvalue weighted by Crippen LogP contribution is 2.15. The molecule has 0 aromatic heterocycles. The average molecular weight is 373 g/mol. The molecule has 3 amide bonds. The minimum Gasteiger partial charge on any atom is -0.351 e. The van der Waals surface area contributed by atoms with Gasteiger partial charge in [-0.15, -0.1) is 0 Å². The molecule has 0 aliphatic heterocycles. The summed E-state index contributed by atoms with van der Waals surface area (Å²) in [6, 6.07) is 26.2. The normalized spacial score (nSPS) is 10.3. The van der Waals surface area contributed by atoms with Crippen molar-refractivity contribution in [3.05, 3.63) is 102 Å². The Bertz CT molecular complexity index is 910. The summed E-state index contributed by atoms with van der Waals surface area (Å²) in [5, 5.41) is 2.50. The lowest BCUT2D eigenvalue weighted by molar-refractivity contribution is 0.0745. The van der Waals surface area contributed by atoms with E-state index in [0.29, 0.717) is 24.3 Å². The number of nitrogens with one attached hydrogen (secondary N) is 1. The van der Waals surface area contributed by atoms with E-state index in [1.165, 1.54) is 5.56 Å². The molecule has 0 saturated heterocycles. The van der Waals surface area contributed by atoms with Crippen LogP contribution in [-0.2, 0) is 13.0 Å². The summed E-state index contributed by atoms with van der Waals surface area (Å²) in [5.74, 6) is -0.0505. The van der Waals surface area contributed by atoms with Gasteiger partial charge in [0.25, 0.3) is 5.91 Å². The number of carbonyl (C=O) groups is 2. The molecule has 0 spiro atoms. The third-order valence-corrected chi connectivity index (χ3v) is 4.42. The van der Waals surface area contributed by atoms with Crippen LogP contribution in [0.3, 0.4) is 0 Å². The highest BCUT2D eigenvalue weighted by molar-refractivity contribution is 5.95. The third kappa shape index (κ3) is 5.45. The molecule has 0 saturated carbocycles. The third-order valence-electron chi connectivity index (χ3n) is 4.42. The van der Waals surface area contributed by atoms with E-state index in [1.807, 2.05) is 53.4 Å². The molecule has 0 radical (unpaired) electrons. The van der Waals surface area contributed by atoms with Gasteiger partial charge in [0.15, 0.2) is 0 Å². The van der Waals surface area contributed by atoms with Crippen LogP contribution in [0.1, 0.15) is 21.5 Å². The van der Waals surface area contributed by atoms with Crippen molar-refractivity contribution in [2.24, 2.45) is 5.73 Å². The predicted octanol–water partition coefficient (Wildman–Crippen LogP) is 4.06. The Labute approximate surface area is 164 Å². The van der Waals surface area contributed by atoms with Crippen molar-refractivity contribution >= 4 is 17.6 Å². The van der Waals surface area contributed by atoms with Gasteiger partial charge in [0, 0.05) is 24.3 Å². The van der Waals surface area contributed by atoms with E-state index in [1.54, 1.807) is 24.3 Å². The van der Waals surface area contributed by atoms with Gasteiger partial charge in [-0.25, -0.2) is 4.79 Å². The van der Waals surface area contributed by atoms with Gasteiger partial charge >= 0.3 is 6.03 Å². The van der Waals surface area contributed by atoms with E-state index in [2.05, 4.69) is 17.4 Å². The molecule has 0 aliphatic carbocycles. The topological polar surface area (TPSA) is 75.4 Å². The summed E-state index contributed by atoms with van der Waals surface area (Å²) >= 11 is 0. The van der Waals surface area contributed by atoms with Crippen molar-refractivity contribution in [2.45, 2.75) is 13.0 Å². The maximum atomic E-state index is 13.1. The monoisotopic (exact) mass is 373 g/mol. The number of amides is 3. The number of anilines is 1. The van der Waals surface area contributed by atoms with Gasteiger partial charge in [0.05, 0.1) is 0 Å². The predicted molar refractivity (Wildman–Crippen MR) is 111 cm³/mol. The minimum absolute atomic E-state index is 0.0505. The number of hydrogen-bond donors (Lipinski definition) is 2. The number of nitrogens with zero attached hydrogens (tertiary/aromatic N) is 1. The molecule has 0 aliphatic rings. The molecular weight excluding hydrogens is 350 g/mol. The van der Waals surface area contributed by atoms with Crippen LogP contribution in [0.5, 0.6) is 0 Å². The lowest BCUT2D eigenvalue weighted by Crippen LogP contribution is -2.32. The van der Waals surface area contributed by atoms with Crippen molar-refractivity contribution < 1.29 is 9.59 Å². The van der Waals surface area contributed by atoms with E-state index in [9.17, 15) is 9.59 Å². The molecule has 0 fully saturated rings. The van der Waals surface area contributed by atoms with Crippen molar-refractivity contribution in [2.75, 3.05) is 11.9 Å². The van der Waals surface area contributed by atoms with Gasteiger partial charge in [-0.2, -0.15) is 0 Å². The molecule has 0 unspecified atom stereocenters. The van der Waals surface area contributed by atoms with Crippen LogP contribution < -0.4 is 11.1 Å². The van der Waals surface area contributed by atoms with E-state index >= 15 is 0 Å². The van der Waals surface area contributed by atoms with E-state index in [4.69, 9.17) is 5.73 Å². The Hall–Kier alpha value is -3.60. The van der Waals surface area contributed by atoms with Gasteiger partial charge in [-0.05, 0) is 41.8 Å². The van der Waals surface area contributed by atoms with Crippen LogP contribution in [0.25, 0.3) is 0 Å². The van der Waals surface area contributed by atoms with Crippen molar-refractivity contribution in [1.82, 2.24) is 4.90 Å². The second-order valence-corrected chi connectivity index (χ2v) is 6.51. The zero-order valence-corrected chi connectivity index (χ0v) is 15.5. The first kappa shape index (κ1) is 19.2. The second-order valence-electron chi connectivity index (χ2n) is 6.51. The zero-order chi connectivity index (χ0) is 19.8. The summed E-state index contributed by atoms with van der Waals surface area (Å²) in [7, 11) is 0. The molecule has 5 nitrogen and oxygen atoms in total. The quantitative estimate of drug-likeness (QED) is 0.655. The Kier molecular flexibility index (Phi) is 6.41. The molecule has 0 heterocycles. The lowest BCUT2D eigenvalue weighted by Gasteiger charge is -2.23. The van der Waals surface area contributed by atoms with Crippen LogP contribution in [0.2, 0.25) is 0 Å². The number of benzene rings is 3. The number of nitrogens with two attached hydrogens (primary N) is 1. The van der Waals surface area contributed by atoms with Crippen LogP contribution in [0.15, 0.2) is 84.9 Å². The first-order chi connectivity index (χ1) is 13.6. The highest BCUT2D eigenvalue weighted by atomic mass is 16.2. The van der Waals surface area contributed by atoms with Crippen molar-refractivity contribution in [1.29, 1.82) is 0 Å². The van der Waals surface area contributed by atoms with Crippen LogP contribution >= 0.6 is 0 Å². The van der Waals surface area contributed by atoms with Crippen LogP contribution in [-0.4, -0.2) is 23.4 Å². The summed E-state index contributed by atoms with van der Waals surface area (Å²) in [6.45, 7) is 1.15. The SMILES string of the molecule is NC(=O)Nc1ccc(C(=O)N(CCc2ccccc2)Cc2ccccc2)cc1. The standard InChI is InChI=1S/C23H23N3O2/c24-23(28)25-21-13-11-20(12-14-21)22(27)26(17-19-9-5-2-6-10-19)16-15-18-7-3-1-4-8-18/h1-14H,15-17H2,(H3,24,25,28). The maximum absolute atomic E-state index is 13.1.